The first-order valence-corrected chi connectivity index (χ1v) is 7.64. The Balaban J connectivity index is 1.97. The summed E-state index contributed by atoms with van der Waals surface area (Å²) in [5.41, 5.74) is -1.02. The van der Waals surface area contributed by atoms with Crippen molar-refractivity contribution in [2.24, 2.45) is 0 Å². The summed E-state index contributed by atoms with van der Waals surface area (Å²) in [5.74, 6) is -0.230. The number of halogens is 1. The maximum Gasteiger partial charge on any atom is 0.349 e. The average Bonchev–Trinajstić information content (AvgIpc) is 2.62. The molecule has 0 bridgehead atoms. The minimum absolute atomic E-state index is 0.0645. The summed E-state index contributed by atoms with van der Waals surface area (Å²) in [6, 6.07) is 9.93. The van der Waals surface area contributed by atoms with Crippen LogP contribution < -0.4 is 15.7 Å². The molecule has 0 aliphatic rings. The molecule has 3 rings (SSSR count). The number of rotatable bonds is 4. The lowest BCUT2D eigenvalue weighted by Gasteiger charge is -2.06. The number of amides is 1. The largest absolute Gasteiger partial charge is 0.497 e. The second kappa shape index (κ2) is 6.85. The number of nitro groups is 1. The Labute approximate surface area is 151 Å². The van der Waals surface area contributed by atoms with Crippen molar-refractivity contribution in [2.75, 3.05) is 12.4 Å². The van der Waals surface area contributed by atoms with Gasteiger partial charge in [0.05, 0.1) is 12.0 Å². The van der Waals surface area contributed by atoms with E-state index in [1.165, 1.54) is 25.3 Å². The Morgan fingerprint density at radius 2 is 2.00 bits per heavy atom. The Bertz CT molecular complexity index is 1090. The van der Waals surface area contributed by atoms with Crippen LogP contribution in [-0.4, -0.2) is 17.9 Å². The molecule has 0 aliphatic carbocycles. The number of nitro benzene ring substituents is 1. The quantitative estimate of drug-likeness (QED) is 0.424. The van der Waals surface area contributed by atoms with Gasteiger partial charge in [0.25, 0.3) is 11.6 Å². The van der Waals surface area contributed by atoms with E-state index >= 15 is 0 Å². The molecule has 26 heavy (non-hydrogen) atoms. The van der Waals surface area contributed by atoms with Gasteiger partial charge in [0.15, 0.2) is 0 Å². The van der Waals surface area contributed by atoms with Crippen LogP contribution in [0.4, 0.5) is 11.4 Å². The van der Waals surface area contributed by atoms with Gasteiger partial charge in [-0.2, -0.15) is 0 Å². The lowest BCUT2D eigenvalue weighted by Crippen LogP contribution is -2.20. The molecule has 1 heterocycles. The number of fused-ring (bicyclic) bond motifs is 1. The molecule has 0 atom stereocenters. The van der Waals surface area contributed by atoms with Gasteiger partial charge in [0.2, 0.25) is 0 Å². The second-order valence-electron chi connectivity index (χ2n) is 5.23. The standard InChI is InChI=1S/C17H11ClN2O6/c1-25-11-3-5-15-9(6-11)7-12(17(22)26-15)16(21)19-10-2-4-13(18)14(8-10)20(23)24/h2-8H,1H3,(H,19,21). The minimum atomic E-state index is -0.830. The molecule has 0 saturated carbocycles. The summed E-state index contributed by atoms with van der Waals surface area (Å²) in [6.45, 7) is 0. The zero-order valence-electron chi connectivity index (χ0n) is 13.3. The summed E-state index contributed by atoms with van der Waals surface area (Å²) < 4.78 is 10.2. The summed E-state index contributed by atoms with van der Waals surface area (Å²) in [5, 5.41) is 13.8. The maximum atomic E-state index is 12.4. The van der Waals surface area contributed by atoms with Crippen molar-refractivity contribution in [3.63, 3.8) is 0 Å². The zero-order chi connectivity index (χ0) is 18.8. The summed E-state index contributed by atoms with van der Waals surface area (Å²) in [6.07, 6.45) is 0. The van der Waals surface area contributed by atoms with Crippen molar-refractivity contribution in [3.8, 4) is 5.75 Å². The third kappa shape index (κ3) is 3.35. The van der Waals surface area contributed by atoms with Gasteiger partial charge in [-0.15, -0.1) is 0 Å². The second-order valence-corrected chi connectivity index (χ2v) is 5.64. The Kier molecular flexibility index (Phi) is 4.59. The fourth-order valence-electron chi connectivity index (χ4n) is 2.32. The van der Waals surface area contributed by atoms with E-state index in [1.54, 1.807) is 18.2 Å². The third-order valence-electron chi connectivity index (χ3n) is 3.58. The molecule has 3 aromatic rings. The first-order valence-electron chi connectivity index (χ1n) is 7.26. The summed E-state index contributed by atoms with van der Waals surface area (Å²) >= 11 is 5.73. The van der Waals surface area contributed by atoms with Gasteiger partial charge in [-0.1, -0.05) is 11.6 Å². The highest BCUT2D eigenvalue weighted by atomic mass is 35.5. The SMILES string of the molecule is COc1ccc2oc(=O)c(C(=O)Nc3ccc(Cl)c([N+](=O)[O-])c3)cc2c1. The van der Waals surface area contributed by atoms with E-state index in [-0.39, 0.29) is 22.0 Å². The predicted octanol–water partition coefficient (Wildman–Crippen LogP) is 3.62. The molecular weight excluding hydrogens is 364 g/mol. The molecule has 8 nitrogen and oxygen atoms in total. The van der Waals surface area contributed by atoms with Gasteiger partial charge in [-0.3, -0.25) is 14.9 Å². The number of carbonyl (C=O) groups excluding carboxylic acids is 1. The normalized spacial score (nSPS) is 10.5. The molecule has 1 N–H and O–H groups in total. The van der Waals surface area contributed by atoms with E-state index in [0.29, 0.717) is 16.7 Å². The van der Waals surface area contributed by atoms with Crippen LogP contribution in [0, 0.1) is 10.1 Å². The fraction of sp³-hybridized carbons (Fsp3) is 0.0588. The molecular formula is C17H11ClN2O6. The van der Waals surface area contributed by atoms with E-state index in [2.05, 4.69) is 5.32 Å². The predicted molar refractivity (Wildman–Crippen MR) is 95.1 cm³/mol. The third-order valence-corrected chi connectivity index (χ3v) is 3.90. The molecule has 0 unspecified atom stereocenters. The van der Waals surface area contributed by atoms with Crippen molar-refractivity contribution in [3.05, 3.63) is 73.6 Å². The molecule has 1 aromatic heterocycles. The highest BCUT2D eigenvalue weighted by Gasteiger charge is 2.17. The van der Waals surface area contributed by atoms with Crippen LogP contribution in [0.25, 0.3) is 11.0 Å². The molecule has 132 valence electrons. The van der Waals surface area contributed by atoms with Crippen LogP contribution in [-0.2, 0) is 0 Å². The first-order chi connectivity index (χ1) is 12.4. The van der Waals surface area contributed by atoms with Gasteiger partial charge in [-0.05, 0) is 36.4 Å². The molecule has 0 spiro atoms. The van der Waals surface area contributed by atoms with Gasteiger partial charge >= 0.3 is 5.63 Å². The van der Waals surface area contributed by atoms with E-state index in [4.69, 9.17) is 20.8 Å². The molecule has 0 aliphatic heterocycles. The number of nitrogens with one attached hydrogen (secondary N) is 1. The van der Waals surface area contributed by atoms with Crippen LogP contribution in [0.1, 0.15) is 10.4 Å². The first kappa shape index (κ1) is 17.4. The highest BCUT2D eigenvalue weighted by molar-refractivity contribution is 6.32. The molecule has 9 heteroatoms. The number of hydrogen-bond acceptors (Lipinski definition) is 6. The number of nitrogens with zero attached hydrogens (tertiary/aromatic N) is 1. The number of anilines is 1. The topological polar surface area (TPSA) is 112 Å². The van der Waals surface area contributed by atoms with Crippen LogP contribution in [0.3, 0.4) is 0 Å². The van der Waals surface area contributed by atoms with Crippen molar-refractivity contribution < 1.29 is 18.9 Å². The number of hydrogen-bond donors (Lipinski definition) is 1. The van der Waals surface area contributed by atoms with Gasteiger partial charge in [0, 0.05) is 17.1 Å². The van der Waals surface area contributed by atoms with Gasteiger partial charge in [0.1, 0.15) is 21.9 Å². The molecule has 0 saturated heterocycles. The number of benzene rings is 2. The maximum absolute atomic E-state index is 12.4. The van der Waals surface area contributed by atoms with Crippen LogP contribution in [0.15, 0.2) is 51.7 Å². The van der Waals surface area contributed by atoms with Crippen molar-refractivity contribution in [2.45, 2.75) is 0 Å². The van der Waals surface area contributed by atoms with Crippen LogP contribution >= 0.6 is 11.6 Å². The number of carbonyl (C=O) groups is 1. The summed E-state index contributed by atoms with van der Waals surface area (Å²) in [4.78, 5) is 34.7. The summed E-state index contributed by atoms with van der Waals surface area (Å²) in [7, 11) is 1.49. The Morgan fingerprint density at radius 1 is 1.23 bits per heavy atom. The minimum Gasteiger partial charge on any atom is -0.497 e. The monoisotopic (exact) mass is 374 g/mol. The molecule has 0 radical (unpaired) electrons. The molecule has 0 fully saturated rings. The van der Waals surface area contributed by atoms with E-state index < -0.39 is 16.5 Å². The van der Waals surface area contributed by atoms with Crippen molar-refractivity contribution in [1.29, 1.82) is 0 Å². The number of methoxy groups -OCH3 is 1. The van der Waals surface area contributed by atoms with E-state index in [9.17, 15) is 19.7 Å². The number of ether oxygens (including phenoxy) is 1. The van der Waals surface area contributed by atoms with Gasteiger partial charge in [-0.25, -0.2) is 4.79 Å². The Hall–Kier alpha value is -3.39. The fourth-order valence-corrected chi connectivity index (χ4v) is 2.50. The zero-order valence-corrected chi connectivity index (χ0v) is 14.1. The van der Waals surface area contributed by atoms with Crippen molar-refractivity contribution >= 4 is 39.9 Å². The molecule has 1 amide bonds. The van der Waals surface area contributed by atoms with Gasteiger partial charge < -0.3 is 14.5 Å². The lowest BCUT2D eigenvalue weighted by atomic mass is 10.1. The van der Waals surface area contributed by atoms with E-state index in [0.717, 1.165) is 6.07 Å². The van der Waals surface area contributed by atoms with Crippen LogP contribution in [0.5, 0.6) is 5.75 Å². The molecule has 2 aromatic carbocycles. The van der Waals surface area contributed by atoms with Crippen LogP contribution in [0.2, 0.25) is 5.02 Å². The smallest absolute Gasteiger partial charge is 0.349 e. The average molecular weight is 375 g/mol. The van der Waals surface area contributed by atoms with E-state index in [1.807, 2.05) is 0 Å². The Morgan fingerprint density at radius 3 is 2.69 bits per heavy atom. The lowest BCUT2D eigenvalue weighted by molar-refractivity contribution is -0.384. The van der Waals surface area contributed by atoms with Crippen molar-refractivity contribution in [1.82, 2.24) is 0 Å². The highest BCUT2D eigenvalue weighted by Crippen LogP contribution is 2.27.